The summed E-state index contributed by atoms with van der Waals surface area (Å²) in [6.07, 6.45) is 0.784. The van der Waals surface area contributed by atoms with Crippen LogP contribution in [0.5, 0.6) is 0 Å². The fourth-order valence-electron chi connectivity index (χ4n) is 1.11. The molecular formula is C10H8ClIO2. The van der Waals surface area contributed by atoms with Crippen molar-refractivity contribution < 1.29 is 9.59 Å². The fourth-order valence-corrected chi connectivity index (χ4v) is 2.05. The van der Waals surface area contributed by atoms with Gasteiger partial charge < -0.3 is 0 Å². The molecular weight excluding hydrogens is 314 g/mol. The molecule has 0 fully saturated rings. The molecule has 0 unspecified atom stereocenters. The van der Waals surface area contributed by atoms with Crippen LogP contribution in [0.4, 0.5) is 0 Å². The molecule has 2 nitrogen and oxygen atoms in total. The largest absolute Gasteiger partial charge is 0.298 e. The molecule has 0 saturated heterocycles. The van der Waals surface area contributed by atoms with Crippen molar-refractivity contribution in [2.24, 2.45) is 0 Å². The third kappa shape index (κ3) is 2.33. The summed E-state index contributed by atoms with van der Waals surface area (Å²) in [6, 6.07) is 3.40. The Morgan fingerprint density at radius 3 is 2.71 bits per heavy atom. The molecule has 0 radical (unpaired) electrons. The van der Waals surface area contributed by atoms with Crippen molar-refractivity contribution in [2.45, 2.75) is 6.92 Å². The zero-order valence-corrected chi connectivity index (χ0v) is 10.4. The van der Waals surface area contributed by atoms with Gasteiger partial charge in [0.05, 0.1) is 5.88 Å². The van der Waals surface area contributed by atoms with Crippen LogP contribution in [0.2, 0.25) is 0 Å². The highest BCUT2D eigenvalue weighted by molar-refractivity contribution is 14.1. The van der Waals surface area contributed by atoms with Gasteiger partial charge in [0.1, 0.15) is 6.29 Å². The van der Waals surface area contributed by atoms with Gasteiger partial charge in [0, 0.05) is 14.7 Å². The second-order valence-electron chi connectivity index (χ2n) is 2.86. The first-order chi connectivity index (χ1) is 6.60. The van der Waals surface area contributed by atoms with Crippen molar-refractivity contribution >= 4 is 46.3 Å². The maximum atomic E-state index is 11.4. The summed E-state index contributed by atoms with van der Waals surface area (Å²) in [5, 5.41) is 0. The van der Waals surface area contributed by atoms with E-state index in [9.17, 15) is 9.59 Å². The number of rotatable bonds is 3. The van der Waals surface area contributed by atoms with Gasteiger partial charge in [0.25, 0.3) is 0 Å². The number of carbonyl (C=O) groups excluding carboxylic acids is 2. The molecule has 0 atom stereocenters. The first kappa shape index (κ1) is 11.7. The Balaban J connectivity index is 3.28. The summed E-state index contributed by atoms with van der Waals surface area (Å²) in [6.45, 7) is 1.80. The zero-order chi connectivity index (χ0) is 10.7. The number of Topliss-reactive ketones (excluding diaryl/α,β-unsaturated/α-hetero) is 1. The van der Waals surface area contributed by atoms with Crippen molar-refractivity contribution in [1.29, 1.82) is 0 Å². The number of hydrogen-bond donors (Lipinski definition) is 0. The zero-order valence-electron chi connectivity index (χ0n) is 7.51. The van der Waals surface area contributed by atoms with Crippen LogP contribution >= 0.6 is 34.2 Å². The van der Waals surface area contributed by atoms with Crippen LogP contribution in [0.1, 0.15) is 26.3 Å². The molecule has 1 aromatic rings. The van der Waals surface area contributed by atoms with Gasteiger partial charge in [-0.2, -0.15) is 0 Å². The van der Waals surface area contributed by atoms with Gasteiger partial charge in [-0.1, -0.05) is 0 Å². The average Bonchev–Trinajstić information content (AvgIpc) is 2.19. The van der Waals surface area contributed by atoms with Crippen molar-refractivity contribution in [1.82, 2.24) is 0 Å². The maximum absolute atomic E-state index is 11.4. The van der Waals surface area contributed by atoms with Crippen molar-refractivity contribution in [3.63, 3.8) is 0 Å². The maximum Gasteiger partial charge on any atom is 0.178 e. The minimum atomic E-state index is -0.114. The average molecular weight is 323 g/mol. The molecule has 0 spiro atoms. The molecule has 0 heterocycles. The molecule has 4 heteroatoms. The highest BCUT2D eigenvalue weighted by Crippen LogP contribution is 2.18. The van der Waals surface area contributed by atoms with Gasteiger partial charge >= 0.3 is 0 Å². The molecule has 0 amide bonds. The number of halogens is 2. The molecule has 0 aliphatic rings. The highest BCUT2D eigenvalue weighted by atomic mass is 127. The lowest BCUT2D eigenvalue weighted by Crippen LogP contribution is -2.05. The number of aldehydes is 1. The first-order valence-electron chi connectivity index (χ1n) is 3.94. The minimum absolute atomic E-state index is 0.0319. The highest BCUT2D eigenvalue weighted by Gasteiger charge is 2.11. The van der Waals surface area contributed by atoms with E-state index in [0.717, 1.165) is 15.4 Å². The van der Waals surface area contributed by atoms with E-state index in [-0.39, 0.29) is 11.7 Å². The van der Waals surface area contributed by atoms with Crippen LogP contribution in [-0.2, 0) is 0 Å². The van der Waals surface area contributed by atoms with E-state index in [2.05, 4.69) is 0 Å². The standard InChI is InChI=1S/C10H8ClIO2/c1-6-2-8(10(14)4-11)9(12)3-7(6)5-13/h2-3,5H,4H2,1H3. The van der Waals surface area contributed by atoms with Crippen LogP contribution in [0, 0.1) is 10.5 Å². The predicted molar refractivity (Wildman–Crippen MR) is 64.3 cm³/mol. The van der Waals surface area contributed by atoms with Gasteiger partial charge in [-0.3, -0.25) is 9.59 Å². The van der Waals surface area contributed by atoms with E-state index in [1.807, 2.05) is 22.6 Å². The lowest BCUT2D eigenvalue weighted by molar-refractivity contribution is 0.101. The quantitative estimate of drug-likeness (QED) is 0.371. The summed E-state index contributed by atoms with van der Waals surface area (Å²) in [7, 11) is 0. The number of ketones is 1. The van der Waals surface area contributed by atoms with Gasteiger partial charge in [0.2, 0.25) is 0 Å². The first-order valence-corrected chi connectivity index (χ1v) is 5.56. The number of hydrogen-bond acceptors (Lipinski definition) is 2. The Morgan fingerprint density at radius 1 is 1.57 bits per heavy atom. The van der Waals surface area contributed by atoms with E-state index >= 15 is 0 Å². The van der Waals surface area contributed by atoms with Gasteiger partial charge in [0.15, 0.2) is 5.78 Å². The van der Waals surface area contributed by atoms with E-state index in [0.29, 0.717) is 11.1 Å². The van der Waals surface area contributed by atoms with Crippen LogP contribution in [0.15, 0.2) is 12.1 Å². The molecule has 0 saturated carbocycles. The van der Waals surface area contributed by atoms with Crippen LogP contribution in [-0.4, -0.2) is 17.9 Å². The number of benzene rings is 1. The van der Waals surface area contributed by atoms with Crippen LogP contribution in [0.25, 0.3) is 0 Å². The third-order valence-electron chi connectivity index (χ3n) is 1.90. The van der Waals surface area contributed by atoms with E-state index < -0.39 is 0 Å². The summed E-state index contributed by atoms with van der Waals surface area (Å²) < 4.78 is 0.765. The van der Waals surface area contributed by atoms with Crippen molar-refractivity contribution in [3.8, 4) is 0 Å². The van der Waals surface area contributed by atoms with Crippen molar-refractivity contribution in [3.05, 3.63) is 32.4 Å². The van der Waals surface area contributed by atoms with E-state index in [4.69, 9.17) is 11.6 Å². The lowest BCUT2D eigenvalue weighted by Gasteiger charge is -2.05. The summed E-state index contributed by atoms with van der Waals surface area (Å²) in [4.78, 5) is 22.0. The monoisotopic (exact) mass is 322 g/mol. The molecule has 14 heavy (non-hydrogen) atoms. The summed E-state index contributed by atoms with van der Waals surface area (Å²) in [5.74, 6) is -0.146. The Hall–Kier alpha value is -0.420. The third-order valence-corrected chi connectivity index (χ3v) is 3.04. The molecule has 0 bridgehead atoms. The SMILES string of the molecule is Cc1cc(C(=O)CCl)c(I)cc1C=O. The smallest absolute Gasteiger partial charge is 0.178 e. The lowest BCUT2D eigenvalue weighted by atomic mass is 10.0. The summed E-state index contributed by atoms with van der Waals surface area (Å²) >= 11 is 7.49. The van der Waals surface area contributed by atoms with Crippen LogP contribution < -0.4 is 0 Å². The molecule has 74 valence electrons. The summed E-state index contributed by atoms with van der Waals surface area (Å²) in [5.41, 5.74) is 2.00. The minimum Gasteiger partial charge on any atom is -0.298 e. The normalized spacial score (nSPS) is 9.93. The number of alkyl halides is 1. The molecule has 1 rings (SSSR count). The second-order valence-corrected chi connectivity index (χ2v) is 4.29. The van der Waals surface area contributed by atoms with Crippen LogP contribution in [0.3, 0.4) is 0 Å². The predicted octanol–water partition coefficient (Wildman–Crippen LogP) is 2.83. The molecule has 0 aliphatic heterocycles. The molecule has 1 aromatic carbocycles. The van der Waals surface area contributed by atoms with Gasteiger partial charge in [-0.25, -0.2) is 0 Å². The Labute approximate surface area is 101 Å². The van der Waals surface area contributed by atoms with E-state index in [1.54, 1.807) is 19.1 Å². The molecule has 0 aliphatic carbocycles. The van der Waals surface area contributed by atoms with Gasteiger partial charge in [-0.05, 0) is 47.2 Å². The molecule has 0 aromatic heterocycles. The Bertz CT molecular complexity index is 388. The Kier molecular flexibility index (Phi) is 4.07. The second kappa shape index (κ2) is 4.89. The van der Waals surface area contributed by atoms with Crippen molar-refractivity contribution in [2.75, 3.05) is 5.88 Å². The topological polar surface area (TPSA) is 34.1 Å². The Morgan fingerprint density at radius 2 is 2.21 bits per heavy atom. The fraction of sp³-hybridized carbons (Fsp3) is 0.200. The van der Waals surface area contributed by atoms with Gasteiger partial charge in [-0.15, -0.1) is 11.6 Å². The molecule has 0 N–H and O–H groups in total. The van der Waals surface area contributed by atoms with E-state index in [1.165, 1.54) is 0 Å². The number of aryl methyl sites for hydroxylation is 1. The number of carbonyl (C=O) groups is 2.